The molecule has 0 saturated carbocycles. The van der Waals surface area contributed by atoms with Crippen molar-refractivity contribution in [2.24, 2.45) is 0 Å². The number of aromatic nitrogens is 4. The van der Waals surface area contributed by atoms with Crippen LogP contribution in [0.25, 0.3) is 0 Å². The van der Waals surface area contributed by atoms with Gasteiger partial charge in [-0.25, -0.2) is 4.98 Å². The van der Waals surface area contributed by atoms with E-state index in [4.69, 9.17) is 21.1 Å². The molecule has 1 amide bonds. The third-order valence-electron chi connectivity index (χ3n) is 4.30. The maximum atomic E-state index is 12.4. The summed E-state index contributed by atoms with van der Waals surface area (Å²) in [5, 5.41) is 14.6. The summed E-state index contributed by atoms with van der Waals surface area (Å²) in [6.07, 6.45) is -0.278. The zero-order valence-electron chi connectivity index (χ0n) is 18.4. The molecule has 0 radical (unpaired) electrons. The highest BCUT2D eigenvalue weighted by atomic mass is 35.5. The lowest BCUT2D eigenvalue weighted by atomic mass is 10.3. The molecule has 12 heteroatoms. The molecule has 2 heterocycles. The Morgan fingerprint density at radius 1 is 1.30 bits per heavy atom. The van der Waals surface area contributed by atoms with Gasteiger partial charge in [0.05, 0.1) is 24.5 Å². The second-order valence-corrected chi connectivity index (χ2v) is 9.00. The van der Waals surface area contributed by atoms with Gasteiger partial charge in [-0.2, -0.15) is 0 Å². The highest BCUT2D eigenvalue weighted by Gasteiger charge is 2.20. The largest absolute Gasteiger partial charge is 0.483 e. The summed E-state index contributed by atoms with van der Waals surface area (Å²) in [5.41, 5.74) is 0.561. The number of halogens is 1. The van der Waals surface area contributed by atoms with Crippen molar-refractivity contribution in [3.63, 3.8) is 0 Å². The normalized spacial score (nSPS) is 11.8. The predicted octanol–water partition coefficient (Wildman–Crippen LogP) is 4.38. The van der Waals surface area contributed by atoms with Gasteiger partial charge in [0.1, 0.15) is 5.75 Å². The molecule has 3 aromatic rings. The number of benzene rings is 1. The number of rotatable bonds is 11. The standard InChI is InChI=1S/C21H24ClN5O4S2/c1-4-27-19(13(3)31-16-8-6-7-14(22)9-16)25-26-21(27)33-12-17(28)24-20-23-15(11-32-20)10-18(29)30-5-2/h6-9,11,13H,4-5,10,12H2,1-3H3,(H,23,24,28). The SMILES string of the molecule is CCOC(=O)Cc1csc(NC(=O)CSc2nnc(C(C)Oc3cccc(Cl)c3)n2CC)n1. The number of nitrogens with one attached hydrogen (secondary N) is 1. The van der Waals surface area contributed by atoms with Crippen molar-refractivity contribution in [3.05, 3.63) is 46.2 Å². The quantitative estimate of drug-likeness (QED) is 0.299. The Kier molecular flexibility index (Phi) is 9.10. The summed E-state index contributed by atoms with van der Waals surface area (Å²) in [5.74, 6) is 0.852. The first-order valence-corrected chi connectivity index (χ1v) is 12.5. The van der Waals surface area contributed by atoms with Gasteiger partial charge < -0.3 is 19.4 Å². The third kappa shape index (κ3) is 7.18. The molecule has 1 N–H and O–H groups in total. The summed E-state index contributed by atoms with van der Waals surface area (Å²) in [6, 6.07) is 7.16. The Morgan fingerprint density at radius 3 is 2.85 bits per heavy atom. The molecule has 2 aromatic heterocycles. The van der Waals surface area contributed by atoms with Crippen molar-refractivity contribution in [1.82, 2.24) is 19.7 Å². The number of hydrogen-bond donors (Lipinski definition) is 1. The van der Waals surface area contributed by atoms with Gasteiger partial charge in [-0.1, -0.05) is 29.4 Å². The minimum Gasteiger partial charge on any atom is -0.483 e. The first-order chi connectivity index (χ1) is 15.9. The number of hydrogen-bond acceptors (Lipinski definition) is 9. The first-order valence-electron chi connectivity index (χ1n) is 10.3. The van der Waals surface area contributed by atoms with E-state index in [1.165, 1.54) is 23.1 Å². The van der Waals surface area contributed by atoms with Gasteiger partial charge in [0.2, 0.25) is 5.91 Å². The maximum absolute atomic E-state index is 12.4. The van der Waals surface area contributed by atoms with Gasteiger partial charge >= 0.3 is 5.97 Å². The first kappa shape index (κ1) is 25.0. The molecule has 1 unspecified atom stereocenters. The van der Waals surface area contributed by atoms with E-state index >= 15 is 0 Å². The van der Waals surface area contributed by atoms with Gasteiger partial charge in [0.15, 0.2) is 22.2 Å². The van der Waals surface area contributed by atoms with Crippen LogP contribution in [0.3, 0.4) is 0 Å². The molecule has 0 saturated heterocycles. The van der Waals surface area contributed by atoms with Crippen molar-refractivity contribution in [2.75, 3.05) is 17.7 Å². The zero-order valence-corrected chi connectivity index (χ0v) is 20.8. The number of thioether (sulfide) groups is 1. The third-order valence-corrected chi connectivity index (χ3v) is 6.30. The van der Waals surface area contributed by atoms with E-state index in [0.29, 0.717) is 45.7 Å². The van der Waals surface area contributed by atoms with E-state index in [2.05, 4.69) is 20.5 Å². The summed E-state index contributed by atoms with van der Waals surface area (Å²) < 4.78 is 12.8. The highest BCUT2D eigenvalue weighted by molar-refractivity contribution is 7.99. The lowest BCUT2D eigenvalue weighted by molar-refractivity contribution is -0.142. The minimum absolute atomic E-state index is 0.0762. The van der Waals surface area contributed by atoms with E-state index in [-0.39, 0.29) is 30.2 Å². The van der Waals surface area contributed by atoms with E-state index in [0.717, 1.165) is 0 Å². The number of anilines is 1. The Balaban J connectivity index is 1.56. The van der Waals surface area contributed by atoms with Crippen molar-refractivity contribution < 1.29 is 19.1 Å². The number of carbonyl (C=O) groups is 2. The molecule has 9 nitrogen and oxygen atoms in total. The van der Waals surface area contributed by atoms with Crippen LogP contribution in [0.2, 0.25) is 5.02 Å². The summed E-state index contributed by atoms with van der Waals surface area (Å²) in [4.78, 5) is 28.2. The fraction of sp³-hybridized carbons (Fsp3) is 0.381. The molecule has 176 valence electrons. The van der Waals surface area contributed by atoms with Crippen LogP contribution in [-0.2, 0) is 27.3 Å². The Labute approximate surface area is 204 Å². The highest BCUT2D eigenvalue weighted by Crippen LogP contribution is 2.26. The van der Waals surface area contributed by atoms with E-state index in [1.54, 1.807) is 24.4 Å². The van der Waals surface area contributed by atoms with Crippen LogP contribution in [0.1, 0.15) is 38.4 Å². The second-order valence-electron chi connectivity index (χ2n) is 6.77. The second kappa shape index (κ2) is 12.0. The van der Waals surface area contributed by atoms with Gasteiger partial charge in [0.25, 0.3) is 0 Å². The molecular formula is C21H24ClN5O4S2. The monoisotopic (exact) mass is 509 g/mol. The Morgan fingerprint density at radius 2 is 2.12 bits per heavy atom. The maximum Gasteiger partial charge on any atom is 0.311 e. The number of carbonyl (C=O) groups excluding carboxylic acids is 2. The van der Waals surface area contributed by atoms with Crippen LogP contribution in [0.15, 0.2) is 34.8 Å². The Hall–Kier alpha value is -2.63. The van der Waals surface area contributed by atoms with Crippen LogP contribution in [-0.4, -0.2) is 44.0 Å². The topological polar surface area (TPSA) is 108 Å². The summed E-state index contributed by atoms with van der Waals surface area (Å²) in [6.45, 7) is 6.55. The average Bonchev–Trinajstić information content (AvgIpc) is 3.38. The molecule has 1 atom stereocenters. The summed E-state index contributed by atoms with van der Waals surface area (Å²) in [7, 11) is 0. The smallest absolute Gasteiger partial charge is 0.311 e. The minimum atomic E-state index is -0.354. The van der Waals surface area contributed by atoms with Crippen LogP contribution < -0.4 is 10.1 Å². The lowest BCUT2D eigenvalue weighted by Crippen LogP contribution is -2.15. The summed E-state index contributed by atoms with van der Waals surface area (Å²) >= 11 is 8.55. The van der Waals surface area contributed by atoms with Crippen molar-refractivity contribution in [3.8, 4) is 5.75 Å². The molecule has 0 aliphatic heterocycles. The predicted molar refractivity (Wildman–Crippen MR) is 128 cm³/mol. The van der Waals surface area contributed by atoms with Gasteiger partial charge in [-0.3, -0.25) is 9.59 Å². The number of nitrogens with zero attached hydrogens (tertiary/aromatic N) is 4. The van der Waals surface area contributed by atoms with Gasteiger partial charge in [-0.05, 0) is 39.0 Å². The fourth-order valence-electron chi connectivity index (χ4n) is 2.89. The number of ether oxygens (including phenoxy) is 2. The van der Waals surface area contributed by atoms with Crippen molar-refractivity contribution >= 4 is 51.7 Å². The van der Waals surface area contributed by atoms with Crippen LogP contribution in [0.5, 0.6) is 5.75 Å². The fourth-order valence-corrected chi connectivity index (χ4v) is 4.61. The molecule has 0 aliphatic rings. The average molecular weight is 510 g/mol. The molecule has 3 rings (SSSR count). The van der Waals surface area contributed by atoms with Gasteiger partial charge in [-0.15, -0.1) is 21.5 Å². The van der Waals surface area contributed by atoms with Crippen LogP contribution in [0, 0.1) is 0 Å². The molecule has 33 heavy (non-hydrogen) atoms. The van der Waals surface area contributed by atoms with Crippen molar-refractivity contribution in [2.45, 2.75) is 45.0 Å². The van der Waals surface area contributed by atoms with E-state index < -0.39 is 0 Å². The molecule has 1 aromatic carbocycles. The molecule has 0 bridgehead atoms. The van der Waals surface area contributed by atoms with Crippen LogP contribution in [0.4, 0.5) is 5.13 Å². The van der Waals surface area contributed by atoms with Crippen LogP contribution >= 0.6 is 34.7 Å². The van der Waals surface area contributed by atoms with E-state index in [1.807, 2.05) is 30.5 Å². The van der Waals surface area contributed by atoms with E-state index in [9.17, 15) is 9.59 Å². The molecule has 0 aliphatic carbocycles. The van der Waals surface area contributed by atoms with Gasteiger partial charge in [0, 0.05) is 16.9 Å². The molecule has 0 fully saturated rings. The molecule has 0 spiro atoms. The number of thiazole rings is 1. The number of amides is 1. The zero-order chi connectivity index (χ0) is 23.8. The molecular weight excluding hydrogens is 486 g/mol. The Bertz CT molecular complexity index is 1100. The lowest BCUT2D eigenvalue weighted by Gasteiger charge is -2.15. The van der Waals surface area contributed by atoms with Crippen molar-refractivity contribution in [1.29, 1.82) is 0 Å². The number of esters is 1.